The number of thiol groups is 1. The van der Waals surface area contributed by atoms with Gasteiger partial charge in [0, 0.05) is 69.4 Å². The number of hydrogen-bond donors (Lipinski definition) is 1. The lowest BCUT2D eigenvalue weighted by Crippen LogP contribution is -2.54. The molecule has 7 nitrogen and oxygen atoms in total. The van der Waals surface area contributed by atoms with E-state index >= 15 is 0 Å². The van der Waals surface area contributed by atoms with Gasteiger partial charge >= 0.3 is 0 Å². The van der Waals surface area contributed by atoms with Crippen LogP contribution in [0.1, 0.15) is 37.7 Å². The van der Waals surface area contributed by atoms with Gasteiger partial charge < -0.3 is 14.4 Å². The molecule has 0 aromatic heterocycles. The Hall–Kier alpha value is -1.35. The lowest BCUT2D eigenvalue weighted by molar-refractivity contribution is -0.231. The van der Waals surface area contributed by atoms with Gasteiger partial charge in [-0.1, -0.05) is 6.42 Å². The fraction of sp³-hybridized carbons (Fsp3) is 0.700. The van der Waals surface area contributed by atoms with Gasteiger partial charge in [-0.25, -0.2) is 12.7 Å². The third-order valence-corrected chi connectivity index (χ3v) is 7.70. The highest BCUT2D eigenvalue weighted by Gasteiger charge is 2.42. The lowest BCUT2D eigenvalue weighted by atomic mass is 9.89. The second-order valence-corrected chi connectivity index (χ2v) is 9.43. The van der Waals surface area contributed by atoms with E-state index in [1.165, 1.54) is 23.6 Å². The molecule has 28 heavy (non-hydrogen) atoms. The lowest BCUT2D eigenvalue weighted by Gasteiger charge is -2.47. The highest BCUT2D eigenvalue weighted by molar-refractivity contribution is 7.69. The monoisotopic (exact) mass is 407 g/mol. The van der Waals surface area contributed by atoms with Crippen molar-refractivity contribution in [3.8, 4) is 5.75 Å². The molecule has 0 amide bonds. The predicted molar refractivity (Wildman–Crippen MR) is 107 cm³/mol. The van der Waals surface area contributed by atoms with Gasteiger partial charge in [-0.15, -0.1) is 0 Å². The van der Waals surface area contributed by atoms with Gasteiger partial charge in [0.2, 0.25) is 16.7 Å². The first-order valence-corrected chi connectivity index (χ1v) is 11.6. The van der Waals surface area contributed by atoms with E-state index in [2.05, 4.69) is 28.0 Å². The van der Waals surface area contributed by atoms with Gasteiger partial charge in [-0.3, -0.25) is 4.90 Å². The topological polar surface area (TPSA) is 62.3 Å². The number of fused-ring (bicyclic) bond motifs is 1. The predicted octanol–water partition coefficient (Wildman–Crippen LogP) is 1.59. The summed E-state index contributed by atoms with van der Waals surface area (Å²) in [5.41, 5.74) is 2.20. The molecule has 5 rings (SSSR count). The summed E-state index contributed by atoms with van der Waals surface area (Å²) in [4.78, 5) is 4.84. The largest absolute Gasteiger partial charge is 0.462 e. The Morgan fingerprint density at radius 1 is 1.00 bits per heavy atom. The van der Waals surface area contributed by atoms with Crippen LogP contribution in [0.25, 0.3) is 0 Å². The van der Waals surface area contributed by atoms with E-state index in [-0.39, 0.29) is 0 Å². The molecule has 8 heteroatoms. The molecule has 0 unspecified atom stereocenters. The molecule has 0 radical (unpaired) electrons. The number of ether oxygens (including phenoxy) is 2. The van der Waals surface area contributed by atoms with Crippen LogP contribution in [-0.4, -0.2) is 68.7 Å². The molecule has 1 aliphatic carbocycles. The average molecular weight is 408 g/mol. The highest BCUT2D eigenvalue weighted by atomic mass is 32.2. The van der Waals surface area contributed by atoms with Crippen LogP contribution in [-0.2, 0) is 22.2 Å². The molecule has 1 spiro atoms. The number of likely N-dealkylation sites (tertiary alicyclic amines) is 1. The standard InChI is InChI=1S/C20H29N3O4S/c24-28(25)23-12-10-22(11-13-23)18-4-5-19-16(14-18)15-26-20(27-19)6-8-21(9-7-20)17-2-1-3-17/h4-5,14,17,28H,1-3,6-13,15H2. The molecule has 3 fully saturated rings. The number of piperazine rings is 1. The first-order chi connectivity index (χ1) is 13.6. The van der Waals surface area contributed by atoms with E-state index in [0.717, 1.165) is 49.0 Å². The number of benzene rings is 1. The average Bonchev–Trinajstić information content (AvgIpc) is 2.68. The zero-order chi connectivity index (χ0) is 19.1. The highest BCUT2D eigenvalue weighted by Crippen LogP contribution is 2.40. The van der Waals surface area contributed by atoms with Gasteiger partial charge in [0.15, 0.2) is 0 Å². The van der Waals surface area contributed by atoms with Gasteiger partial charge in [-0.05, 0) is 31.0 Å². The molecule has 154 valence electrons. The zero-order valence-electron chi connectivity index (χ0n) is 16.2. The van der Waals surface area contributed by atoms with Crippen molar-refractivity contribution in [3.05, 3.63) is 23.8 Å². The van der Waals surface area contributed by atoms with Crippen molar-refractivity contribution in [3.63, 3.8) is 0 Å². The summed E-state index contributed by atoms with van der Waals surface area (Å²) in [6.07, 6.45) is 5.93. The van der Waals surface area contributed by atoms with Crippen molar-refractivity contribution >= 4 is 16.6 Å². The van der Waals surface area contributed by atoms with Crippen LogP contribution in [0, 0.1) is 0 Å². The molecule has 3 heterocycles. The summed E-state index contributed by atoms with van der Waals surface area (Å²) >= 11 is 0. The van der Waals surface area contributed by atoms with Gasteiger partial charge in [0.25, 0.3) is 0 Å². The van der Waals surface area contributed by atoms with E-state index in [0.29, 0.717) is 32.8 Å². The summed E-state index contributed by atoms with van der Waals surface area (Å²) in [6.45, 7) is 5.22. The second-order valence-electron chi connectivity index (χ2n) is 8.39. The normalized spacial score (nSPS) is 26.1. The van der Waals surface area contributed by atoms with Crippen molar-refractivity contribution < 1.29 is 17.9 Å². The Morgan fingerprint density at radius 2 is 1.75 bits per heavy atom. The van der Waals surface area contributed by atoms with E-state index in [1.807, 2.05) is 0 Å². The summed E-state index contributed by atoms with van der Waals surface area (Å²) in [5.74, 6) is 0.480. The third-order valence-electron chi connectivity index (χ3n) is 6.83. The minimum Gasteiger partial charge on any atom is -0.462 e. The molecule has 1 saturated carbocycles. The molecule has 0 N–H and O–H groups in total. The molecule has 1 aromatic rings. The molecule has 3 aliphatic heterocycles. The van der Waals surface area contributed by atoms with Crippen molar-refractivity contribution in [2.24, 2.45) is 0 Å². The van der Waals surface area contributed by atoms with Gasteiger partial charge in [0.1, 0.15) is 5.75 Å². The zero-order valence-corrected chi connectivity index (χ0v) is 17.1. The number of anilines is 1. The Morgan fingerprint density at radius 3 is 2.39 bits per heavy atom. The van der Waals surface area contributed by atoms with E-state index in [9.17, 15) is 8.42 Å². The van der Waals surface area contributed by atoms with Crippen molar-refractivity contribution in [1.82, 2.24) is 9.21 Å². The van der Waals surface area contributed by atoms with Crippen LogP contribution in [0.5, 0.6) is 5.75 Å². The minimum atomic E-state index is -2.47. The van der Waals surface area contributed by atoms with E-state index in [1.54, 1.807) is 0 Å². The Labute approximate surface area is 168 Å². The summed E-state index contributed by atoms with van der Waals surface area (Å²) in [5, 5.41) is 0. The third kappa shape index (κ3) is 3.51. The molecule has 0 bridgehead atoms. The molecule has 2 saturated heterocycles. The van der Waals surface area contributed by atoms with Gasteiger partial charge in [0.05, 0.1) is 6.61 Å². The Bertz CT molecular complexity index is 787. The molecule has 1 aromatic carbocycles. The van der Waals surface area contributed by atoms with Crippen molar-refractivity contribution in [1.29, 1.82) is 0 Å². The van der Waals surface area contributed by atoms with E-state index in [4.69, 9.17) is 9.47 Å². The first kappa shape index (κ1) is 18.7. The van der Waals surface area contributed by atoms with Crippen LogP contribution in [0.4, 0.5) is 5.69 Å². The number of rotatable bonds is 3. The smallest absolute Gasteiger partial charge is 0.213 e. The first-order valence-electron chi connectivity index (χ1n) is 10.5. The van der Waals surface area contributed by atoms with Crippen LogP contribution >= 0.6 is 0 Å². The molecule has 4 aliphatic rings. The minimum absolute atomic E-state index is 0.459. The SMILES string of the molecule is O=[SH](=O)N1CCN(c2ccc3c(c2)COC2(CCN(C4CCC4)CC2)O3)CC1. The summed E-state index contributed by atoms with van der Waals surface area (Å²) < 4.78 is 36.4. The maximum Gasteiger partial charge on any atom is 0.213 e. The Kier molecular flexibility index (Phi) is 4.99. The summed E-state index contributed by atoms with van der Waals surface area (Å²) in [6, 6.07) is 7.08. The Balaban J connectivity index is 1.23. The fourth-order valence-electron chi connectivity index (χ4n) is 4.76. The van der Waals surface area contributed by atoms with E-state index < -0.39 is 16.7 Å². The quantitative estimate of drug-likeness (QED) is 0.768. The fourth-order valence-corrected chi connectivity index (χ4v) is 5.27. The van der Waals surface area contributed by atoms with Crippen LogP contribution in [0.2, 0.25) is 0 Å². The maximum absolute atomic E-state index is 11.1. The second kappa shape index (κ2) is 7.48. The van der Waals surface area contributed by atoms with Gasteiger partial charge in [-0.2, -0.15) is 0 Å². The molecular formula is C20H29N3O4S. The number of piperidine rings is 1. The van der Waals surface area contributed by atoms with Crippen LogP contribution in [0.15, 0.2) is 18.2 Å². The van der Waals surface area contributed by atoms with Crippen molar-refractivity contribution in [2.45, 2.75) is 50.5 Å². The van der Waals surface area contributed by atoms with Crippen molar-refractivity contribution in [2.75, 3.05) is 44.2 Å². The number of nitrogens with zero attached hydrogens (tertiary/aromatic N) is 3. The number of hydrogen-bond acceptors (Lipinski definition) is 6. The molecular weight excluding hydrogens is 378 g/mol. The van der Waals surface area contributed by atoms with Crippen LogP contribution in [0.3, 0.4) is 0 Å². The van der Waals surface area contributed by atoms with Crippen LogP contribution < -0.4 is 9.64 Å². The molecule has 0 atom stereocenters. The maximum atomic E-state index is 11.1. The summed E-state index contributed by atoms with van der Waals surface area (Å²) in [7, 11) is -2.47.